The van der Waals surface area contributed by atoms with Crippen LogP contribution in [0.3, 0.4) is 0 Å². The first kappa shape index (κ1) is 14.8. The zero-order valence-electron chi connectivity index (χ0n) is 12.7. The van der Waals surface area contributed by atoms with Gasteiger partial charge in [0.2, 0.25) is 0 Å². The minimum Gasteiger partial charge on any atom is -0.486 e. The van der Waals surface area contributed by atoms with E-state index in [1.54, 1.807) is 0 Å². The normalized spacial score (nSPS) is 11.8. The van der Waals surface area contributed by atoms with Crippen LogP contribution in [0.2, 0.25) is 5.02 Å². The Labute approximate surface area is 135 Å². The van der Waals surface area contributed by atoms with Crippen LogP contribution in [0.15, 0.2) is 54.7 Å². The summed E-state index contributed by atoms with van der Waals surface area (Å²) in [5, 5.41) is 1.89. The Kier molecular flexibility index (Phi) is 3.75. The molecule has 1 aromatic heterocycles. The lowest BCUT2D eigenvalue weighted by Gasteiger charge is -2.27. The smallest absolute Gasteiger partial charge is 0.121 e. The Morgan fingerprint density at radius 2 is 1.82 bits per heavy atom. The zero-order valence-corrected chi connectivity index (χ0v) is 13.5. The molecule has 0 saturated carbocycles. The van der Waals surface area contributed by atoms with Gasteiger partial charge in [-0.2, -0.15) is 0 Å². The third-order valence-electron chi connectivity index (χ3n) is 3.56. The molecule has 3 rings (SSSR count). The van der Waals surface area contributed by atoms with Gasteiger partial charge in [-0.25, -0.2) is 0 Å². The molecule has 0 unspecified atom stereocenters. The van der Waals surface area contributed by atoms with E-state index >= 15 is 0 Å². The van der Waals surface area contributed by atoms with E-state index in [0.29, 0.717) is 0 Å². The molecule has 2 N–H and O–H groups in total. The second kappa shape index (κ2) is 5.58. The molecule has 1 heterocycles. The van der Waals surface area contributed by atoms with Crippen molar-refractivity contribution in [2.75, 3.05) is 5.73 Å². The summed E-state index contributed by atoms with van der Waals surface area (Å²) in [4.78, 5) is 0. The molecule has 0 atom stereocenters. The summed E-state index contributed by atoms with van der Waals surface area (Å²) in [6.07, 6.45) is 2.06. The molecule has 3 aromatic rings. The van der Waals surface area contributed by atoms with Crippen molar-refractivity contribution in [3.8, 4) is 5.75 Å². The van der Waals surface area contributed by atoms with Gasteiger partial charge in [0.05, 0.1) is 6.54 Å². The van der Waals surface area contributed by atoms with Crippen molar-refractivity contribution in [1.82, 2.24) is 4.57 Å². The highest BCUT2D eigenvalue weighted by atomic mass is 35.5. The molecule has 0 aliphatic carbocycles. The predicted octanol–water partition coefficient (Wildman–Crippen LogP) is 4.73. The third kappa shape index (κ3) is 3.20. The number of hydrogen-bond donors (Lipinski definition) is 1. The number of nitrogens with zero attached hydrogens (tertiary/aromatic N) is 1. The van der Waals surface area contributed by atoms with E-state index in [0.717, 1.165) is 33.9 Å². The number of hydrogen-bond acceptors (Lipinski definition) is 2. The zero-order chi connectivity index (χ0) is 15.7. The summed E-state index contributed by atoms with van der Waals surface area (Å²) >= 11 is 6.04. The molecule has 0 saturated heterocycles. The summed E-state index contributed by atoms with van der Waals surface area (Å²) in [5.74, 6) is 0.818. The van der Waals surface area contributed by atoms with Crippen molar-refractivity contribution in [3.05, 3.63) is 59.8 Å². The molecule has 114 valence electrons. The molecule has 3 nitrogen and oxygen atoms in total. The molecule has 0 amide bonds. The Morgan fingerprint density at radius 1 is 1.09 bits per heavy atom. The highest BCUT2D eigenvalue weighted by Crippen LogP contribution is 2.25. The number of benzene rings is 2. The van der Waals surface area contributed by atoms with Gasteiger partial charge in [-0.1, -0.05) is 11.6 Å². The number of aromatic nitrogens is 1. The van der Waals surface area contributed by atoms with Crippen LogP contribution in [0.5, 0.6) is 5.75 Å². The largest absolute Gasteiger partial charge is 0.486 e. The number of nitrogen functional groups attached to an aromatic ring is 1. The Balaban J connectivity index is 1.81. The van der Waals surface area contributed by atoms with Crippen molar-refractivity contribution in [1.29, 1.82) is 0 Å². The van der Waals surface area contributed by atoms with Gasteiger partial charge in [-0.05, 0) is 62.4 Å². The summed E-state index contributed by atoms with van der Waals surface area (Å²) in [7, 11) is 0. The Bertz CT molecular complexity index is 790. The van der Waals surface area contributed by atoms with Gasteiger partial charge < -0.3 is 15.0 Å². The van der Waals surface area contributed by atoms with Gasteiger partial charge in [-0.15, -0.1) is 0 Å². The molecular formula is C18H19ClN2O. The maximum atomic E-state index is 6.10. The van der Waals surface area contributed by atoms with Gasteiger partial charge in [-0.3, -0.25) is 0 Å². The van der Waals surface area contributed by atoms with Crippen LogP contribution in [0.4, 0.5) is 5.69 Å². The first-order valence-electron chi connectivity index (χ1n) is 7.22. The number of anilines is 1. The molecule has 0 spiro atoms. The van der Waals surface area contributed by atoms with Crippen LogP contribution in [-0.4, -0.2) is 10.2 Å². The second-order valence-electron chi connectivity index (χ2n) is 6.08. The highest BCUT2D eigenvalue weighted by Gasteiger charge is 2.21. The number of ether oxygens (including phenoxy) is 1. The van der Waals surface area contributed by atoms with Crippen LogP contribution in [0.25, 0.3) is 10.9 Å². The van der Waals surface area contributed by atoms with E-state index in [-0.39, 0.29) is 5.60 Å². The van der Waals surface area contributed by atoms with Gasteiger partial charge >= 0.3 is 0 Å². The van der Waals surface area contributed by atoms with Crippen molar-refractivity contribution in [2.45, 2.75) is 26.0 Å². The van der Waals surface area contributed by atoms with Crippen LogP contribution < -0.4 is 10.5 Å². The third-order valence-corrected chi connectivity index (χ3v) is 3.79. The second-order valence-corrected chi connectivity index (χ2v) is 6.51. The molecule has 0 aliphatic rings. The average molecular weight is 315 g/mol. The molecule has 0 bridgehead atoms. The standard InChI is InChI=1S/C18H19ClN2O/c1-18(2,22-16-6-4-15(20)5-7-16)12-21-10-9-13-11-14(19)3-8-17(13)21/h3-11H,12,20H2,1-2H3. The molecule has 2 aromatic carbocycles. The number of rotatable bonds is 4. The monoisotopic (exact) mass is 314 g/mol. The fourth-order valence-electron chi connectivity index (χ4n) is 2.61. The molecule has 0 fully saturated rings. The lowest BCUT2D eigenvalue weighted by molar-refractivity contribution is 0.0908. The van der Waals surface area contributed by atoms with Crippen LogP contribution in [0, 0.1) is 0 Å². The SMILES string of the molecule is CC(C)(Cn1ccc2cc(Cl)ccc21)Oc1ccc(N)cc1. The van der Waals surface area contributed by atoms with E-state index in [9.17, 15) is 0 Å². The van der Waals surface area contributed by atoms with Crippen molar-refractivity contribution in [3.63, 3.8) is 0 Å². The highest BCUT2D eigenvalue weighted by molar-refractivity contribution is 6.31. The van der Waals surface area contributed by atoms with Crippen LogP contribution in [0.1, 0.15) is 13.8 Å². The Hall–Kier alpha value is -2.13. The van der Waals surface area contributed by atoms with E-state index in [2.05, 4.69) is 30.7 Å². The fourth-order valence-corrected chi connectivity index (χ4v) is 2.79. The van der Waals surface area contributed by atoms with Crippen molar-refractivity contribution < 1.29 is 4.74 Å². The quantitative estimate of drug-likeness (QED) is 0.707. The lowest BCUT2D eigenvalue weighted by Crippen LogP contribution is -2.33. The van der Waals surface area contributed by atoms with Crippen molar-refractivity contribution in [2.24, 2.45) is 0 Å². The minimum atomic E-state index is -0.346. The summed E-state index contributed by atoms with van der Waals surface area (Å²) in [6.45, 7) is 4.89. The molecule has 0 aliphatic heterocycles. The summed E-state index contributed by atoms with van der Waals surface area (Å²) in [6, 6.07) is 15.5. The van der Waals surface area contributed by atoms with Gasteiger partial charge in [0.1, 0.15) is 11.4 Å². The first-order valence-corrected chi connectivity index (χ1v) is 7.60. The topological polar surface area (TPSA) is 40.2 Å². The predicted molar refractivity (Wildman–Crippen MR) is 92.5 cm³/mol. The maximum Gasteiger partial charge on any atom is 0.121 e. The minimum absolute atomic E-state index is 0.346. The first-order chi connectivity index (χ1) is 10.4. The average Bonchev–Trinajstić information content (AvgIpc) is 2.82. The van der Waals surface area contributed by atoms with E-state index in [1.165, 1.54) is 0 Å². The van der Waals surface area contributed by atoms with Crippen molar-refractivity contribution >= 4 is 28.2 Å². The van der Waals surface area contributed by atoms with E-state index < -0.39 is 0 Å². The molecular weight excluding hydrogens is 296 g/mol. The van der Waals surface area contributed by atoms with Crippen LogP contribution >= 0.6 is 11.6 Å². The summed E-state index contributed by atoms with van der Waals surface area (Å²) < 4.78 is 8.28. The fraction of sp³-hybridized carbons (Fsp3) is 0.222. The number of nitrogens with two attached hydrogens (primary N) is 1. The molecule has 22 heavy (non-hydrogen) atoms. The lowest BCUT2D eigenvalue weighted by atomic mass is 10.1. The Morgan fingerprint density at radius 3 is 2.55 bits per heavy atom. The van der Waals surface area contributed by atoms with E-state index in [4.69, 9.17) is 22.1 Å². The summed E-state index contributed by atoms with van der Waals surface area (Å²) in [5.41, 5.74) is 7.24. The van der Waals surface area contributed by atoms with E-state index in [1.807, 2.05) is 42.5 Å². The van der Waals surface area contributed by atoms with Gasteiger partial charge in [0.15, 0.2) is 0 Å². The number of fused-ring (bicyclic) bond motifs is 1. The molecule has 4 heteroatoms. The molecule has 0 radical (unpaired) electrons. The number of halogens is 1. The van der Waals surface area contributed by atoms with Gasteiger partial charge in [0, 0.05) is 27.8 Å². The van der Waals surface area contributed by atoms with Crippen LogP contribution in [-0.2, 0) is 6.54 Å². The van der Waals surface area contributed by atoms with Gasteiger partial charge in [0.25, 0.3) is 0 Å². The maximum absolute atomic E-state index is 6.10.